The van der Waals surface area contributed by atoms with Crippen molar-refractivity contribution in [1.29, 1.82) is 0 Å². The summed E-state index contributed by atoms with van der Waals surface area (Å²) in [7, 11) is 0. The molecule has 0 radical (unpaired) electrons. The van der Waals surface area contributed by atoms with E-state index in [-0.39, 0.29) is 5.78 Å². The molecule has 90 valence electrons. The van der Waals surface area contributed by atoms with Crippen molar-refractivity contribution in [3.63, 3.8) is 0 Å². The molecule has 0 spiro atoms. The Morgan fingerprint density at radius 3 is 2.65 bits per heavy atom. The van der Waals surface area contributed by atoms with E-state index < -0.39 is 0 Å². The van der Waals surface area contributed by atoms with E-state index in [1.807, 2.05) is 30.5 Å². The number of nitrogens with one attached hydrogen (secondary N) is 1. The summed E-state index contributed by atoms with van der Waals surface area (Å²) in [6, 6.07) is 7.91. The Kier molecular flexibility index (Phi) is 3.59. The van der Waals surface area contributed by atoms with Gasteiger partial charge in [0, 0.05) is 22.7 Å². The van der Waals surface area contributed by atoms with Crippen molar-refractivity contribution in [2.45, 2.75) is 13.8 Å². The third-order valence-electron chi connectivity index (χ3n) is 3.15. The standard InChI is InChI=1S/C14H18N2O/c1-3-16(4-2)10-14(17)12-9-15-13-8-6-5-7-11(12)13/h5-9,15H,3-4,10H2,1-2H3. The minimum Gasteiger partial charge on any atom is -0.360 e. The molecule has 0 aliphatic carbocycles. The van der Waals surface area contributed by atoms with Gasteiger partial charge in [-0.2, -0.15) is 0 Å². The van der Waals surface area contributed by atoms with Crippen molar-refractivity contribution in [2.75, 3.05) is 19.6 Å². The summed E-state index contributed by atoms with van der Waals surface area (Å²) < 4.78 is 0. The van der Waals surface area contributed by atoms with Gasteiger partial charge in [0.25, 0.3) is 0 Å². The van der Waals surface area contributed by atoms with Gasteiger partial charge in [-0.3, -0.25) is 9.69 Å². The van der Waals surface area contributed by atoms with Crippen LogP contribution in [0, 0.1) is 0 Å². The highest BCUT2D eigenvalue weighted by molar-refractivity contribution is 6.08. The molecule has 0 bridgehead atoms. The van der Waals surface area contributed by atoms with E-state index in [0.717, 1.165) is 29.6 Å². The van der Waals surface area contributed by atoms with Gasteiger partial charge < -0.3 is 4.98 Å². The van der Waals surface area contributed by atoms with E-state index in [9.17, 15) is 4.79 Å². The lowest BCUT2D eigenvalue weighted by atomic mass is 10.1. The maximum atomic E-state index is 12.2. The number of rotatable bonds is 5. The highest BCUT2D eigenvalue weighted by Gasteiger charge is 2.13. The number of likely N-dealkylation sites (N-methyl/N-ethyl adjacent to an activating group) is 1. The van der Waals surface area contributed by atoms with Crippen molar-refractivity contribution >= 4 is 16.7 Å². The predicted molar refractivity (Wildman–Crippen MR) is 70.4 cm³/mol. The van der Waals surface area contributed by atoms with Crippen molar-refractivity contribution in [3.8, 4) is 0 Å². The molecule has 3 nitrogen and oxygen atoms in total. The molecule has 0 fully saturated rings. The Labute approximate surface area is 101 Å². The minimum atomic E-state index is 0.186. The summed E-state index contributed by atoms with van der Waals surface area (Å²) in [6.07, 6.45) is 1.82. The molecule has 3 heteroatoms. The number of aromatic amines is 1. The van der Waals surface area contributed by atoms with Gasteiger partial charge in [-0.1, -0.05) is 32.0 Å². The minimum absolute atomic E-state index is 0.186. The van der Waals surface area contributed by atoms with E-state index in [4.69, 9.17) is 0 Å². The Morgan fingerprint density at radius 1 is 1.24 bits per heavy atom. The maximum Gasteiger partial charge on any atom is 0.178 e. The van der Waals surface area contributed by atoms with E-state index in [1.165, 1.54) is 0 Å². The zero-order valence-corrected chi connectivity index (χ0v) is 10.4. The fourth-order valence-electron chi connectivity index (χ4n) is 2.04. The summed E-state index contributed by atoms with van der Waals surface area (Å²) in [5.41, 5.74) is 1.82. The van der Waals surface area contributed by atoms with E-state index in [2.05, 4.69) is 23.7 Å². The van der Waals surface area contributed by atoms with E-state index in [0.29, 0.717) is 6.54 Å². The topological polar surface area (TPSA) is 36.1 Å². The van der Waals surface area contributed by atoms with Gasteiger partial charge in [-0.25, -0.2) is 0 Å². The summed E-state index contributed by atoms with van der Waals surface area (Å²) in [6.45, 7) is 6.46. The van der Waals surface area contributed by atoms with Crippen LogP contribution in [0.2, 0.25) is 0 Å². The first-order valence-electron chi connectivity index (χ1n) is 6.08. The quantitative estimate of drug-likeness (QED) is 0.802. The first-order chi connectivity index (χ1) is 8.26. The van der Waals surface area contributed by atoms with Crippen LogP contribution in [-0.2, 0) is 0 Å². The van der Waals surface area contributed by atoms with Gasteiger partial charge in [0.05, 0.1) is 6.54 Å². The number of hydrogen-bond acceptors (Lipinski definition) is 2. The molecule has 0 saturated heterocycles. The Balaban J connectivity index is 2.25. The van der Waals surface area contributed by atoms with Gasteiger partial charge >= 0.3 is 0 Å². The second kappa shape index (κ2) is 5.15. The maximum absolute atomic E-state index is 12.2. The van der Waals surface area contributed by atoms with Gasteiger partial charge in [-0.05, 0) is 19.2 Å². The molecule has 0 unspecified atom stereocenters. The number of benzene rings is 1. The lowest BCUT2D eigenvalue weighted by molar-refractivity contribution is 0.0939. The van der Waals surface area contributed by atoms with Crippen LogP contribution in [0.1, 0.15) is 24.2 Å². The van der Waals surface area contributed by atoms with Gasteiger partial charge in [0.1, 0.15) is 0 Å². The van der Waals surface area contributed by atoms with Gasteiger partial charge in [-0.15, -0.1) is 0 Å². The average molecular weight is 230 g/mol. The number of carbonyl (C=O) groups is 1. The fourth-order valence-corrected chi connectivity index (χ4v) is 2.04. The van der Waals surface area contributed by atoms with Crippen molar-refractivity contribution in [2.24, 2.45) is 0 Å². The van der Waals surface area contributed by atoms with Gasteiger partial charge in [0.2, 0.25) is 0 Å². The second-order valence-corrected chi connectivity index (χ2v) is 4.13. The first kappa shape index (κ1) is 11.9. The predicted octanol–water partition coefficient (Wildman–Crippen LogP) is 2.69. The monoisotopic (exact) mass is 230 g/mol. The molecule has 2 rings (SSSR count). The van der Waals surface area contributed by atoms with Gasteiger partial charge in [0.15, 0.2) is 5.78 Å². The van der Waals surface area contributed by atoms with Crippen LogP contribution in [0.5, 0.6) is 0 Å². The molecule has 0 aliphatic heterocycles. The molecular formula is C14H18N2O. The largest absolute Gasteiger partial charge is 0.360 e. The van der Waals surface area contributed by atoms with Crippen molar-refractivity contribution < 1.29 is 4.79 Å². The van der Waals surface area contributed by atoms with Crippen LogP contribution in [0.3, 0.4) is 0 Å². The summed E-state index contributed by atoms with van der Waals surface area (Å²) >= 11 is 0. The van der Waals surface area contributed by atoms with E-state index >= 15 is 0 Å². The smallest absolute Gasteiger partial charge is 0.178 e. The highest BCUT2D eigenvalue weighted by Crippen LogP contribution is 2.18. The summed E-state index contributed by atoms with van der Waals surface area (Å²) in [4.78, 5) is 17.5. The second-order valence-electron chi connectivity index (χ2n) is 4.13. The van der Waals surface area contributed by atoms with Crippen molar-refractivity contribution in [3.05, 3.63) is 36.0 Å². The van der Waals surface area contributed by atoms with Crippen molar-refractivity contribution in [1.82, 2.24) is 9.88 Å². The van der Waals surface area contributed by atoms with E-state index in [1.54, 1.807) is 0 Å². The number of para-hydroxylation sites is 1. The molecule has 1 N–H and O–H groups in total. The normalized spacial score (nSPS) is 11.2. The Morgan fingerprint density at radius 2 is 1.94 bits per heavy atom. The molecule has 0 amide bonds. The van der Waals surface area contributed by atoms with Crippen LogP contribution in [0.15, 0.2) is 30.5 Å². The van der Waals surface area contributed by atoms with Crippen LogP contribution < -0.4 is 0 Å². The number of H-pyrrole nitrogens is 1. The van der Waals surface area contributed by atoms with Crippen LogP contribution in [0.25, 0.3) is 10.9 Å². The zero-order valence-electron chi connectivity index (χ0n) is 10.4. The lowest BCUT2D eigenvalue weighted by Gasteiger charge is -2.16. The first-order valence-corrected chi connectivity index (χ1v) is 6.08. The third kappa shape index (κ3) is 2.39. The molecule has 1 aromatic carbocycles. The average Bonchev–Trinajstić information content (AvgIpc) is 2.79. The molecule has 17 heavy (non-hydrogen) atoms. The number of aromatic nitrogens is 1. The number of fused-ring (bicyclic) bond motifs is 1. The molecule has 0 atom stereocenters. The number of Topliss-reactive ketones (excluding diaryl/α,β-unsaturated/α-hetero) is 1. The molecule has 0 aliphatic rings. The number of ketones is 1. The number of hydrogen-bond donors (Lipinski definition) is 1. The molecule has 0 saturated carbocycles. The van der Waals surface area contributed by atoms with Crippen LogP contribution in [-0.4, -0.2) is 35.3 Å². The van der Waals surface area contributed by atoms with Crippen LogP contribution >= 0.6 is 0 Å². The Bertz CT molecular complexity index is 512. The molecule has 1 aromatic heterocycles. The number of carbonyl (C=O) groups excluding carboxylic acids is 1. The SMILES string of the molecule is CCN(CC)CC(=O)c1c[nH]c2ccccc12. The fraction of sp³-hybridized carbons (Fsp3) is 0.357. The molecule has 1 heterocycles. The zero-order chi connectivity index (χ0) is 12.3. The Hall–Kier alpha value is -1.61. The summed E-state index contributed by atoms with van der Waals surface area (Å²) in [5, 5.41) is 1.02. The summed E-state index contributed by atoms with van der Waals surface area (Å²) in [5.74, 6) is 0.186. The van der Waals surface area contributed by atoms with Crippen LogP contribution in [0.4, 0.5) is 0 Å². The molecular weight excluding hydrogens is 212 g/mol. The highest BCUT2D eigenvalue weighted by atomic mass is 16.1. The number of nitrogens with zero attached hydrogens (tertiary/aromatic N) is 1. The third-order valence-corrected chi connectivity index (χ3v) is 3.15. The molecule has 2 aromatic rings. The lowest BCUT2D eigenvalue weighted by Crippen LogP contribution is -2.29.